The first kappa shape index (κ1) is 21.7. The molecule has 0 aliphatic carbocycles. The number of benzene rings is 2. The van der Waals surface area contributed by atoms with Crippen molar-refractivity contribution in [3.63, 3.8) is 0 Å². The van der Waals surface area contributed by atoms with Gasteiger partial charge in [-0.2, -0.15) is 13.2 Å². The standard InChI is InChI=1S/C18H21F3N4O2S/c1-2-23-17(24-11-13-6-8-16(9-7-13)28(22,26)27)25-12-14-4-3-5-15(10-14)18(19,20)21/h3-10H,2,11-12H2,1H3,(H2,22,26,27)(H2,23,24,25). The van der Waals surface area contributed by atoms with Gasteiger partial charge in [0.2, 0.25) is 10.0 Å². The van der Waals surface area contributed by atoms with Gasteiger partial charge in [0.1, 0.15) is 0 Å². The number of halogens is 3. The van der Waals surface area contributed by atoms with Crippen LogP contribution in [0.15, 0.2) is 58.4 Å². The maximum absolute atomic E-state index is 12.8. The number of nitrogens with zero attached hydrogens (tertiary/aromatic N) is 1. The Bertz CT molecular complexity index is 927. The fraction of sp³-hybridized carbons (Fsp3) is 0.278. The Kier molecular flexibility index (Phi) is 7.03. The molecule has 6 nitrogen and oxygen atoms in total. The Labute approximate surface area is 161 Å². The van der Waals surface area contributed by atoms with E-state index in [9.17, 15) is 21.6 Å². The third kappa shape index (κ3) is 6.54. The van der Waals surface area contributed by atoms with E-state index in [-0.39, 0.29) is 11.4 Å². The van der Waals surface area contributed by atoms with Gasteiger partial charge in [0.05, 0.1) is 17.0 Å². The van der Waals surface area contributed by atoms with Crippen LogP contribution in [0.1, 0.15) is 23.6 Å². The van der Waals surface area contributed by atoms with Gasteiger partial charge >= 0.3 is 6.18 Å². The van der Waals surface area contributed by atoms with Crippen molar-refractivity contribution in [2.24, 2.45) is 10.1 Å². The van der Waals surface area contributed by atoms with Crippen molar-refractivity contribution in [3.8, 4) is 0 Å². The summed E-state index contributed by atoms with van der Waals surface area (Å²) in [4.78, 5) is 4.31. The van der Waals surface area contributed by atoms with E-state index in [1.165, 1.54) is 18.2 Å². The average molecular weight is 414 g/mol. The largest absolute Gasteiger partial charge is 0.416 e. The summed E-state index contributed by atoms with van der Waals surface area (Å²) >= 11 is 0. The molecule has 0 saturated carbocycles. The van der Waals surface area contributed by atoms with Crippen molar-refractivity contribution < 1.29 is 21.6 Å². The Balaban J connectivity index is 2.05. The summed E-state index contributed by atoms with van der Waals surface area (Å²) < 4.78 is 60.9. The van der Waals surface area contributed by atoms with Gasteiger partial charge in [0, 0.05) is 13.1 Å². The number of guanidine groups is 1. The predicted molar refractivity (Wildman–Crippen MR) is 101 cm³/mol. The first-order chi connectivity index (χ1) is 13.1. The molecule has 0 fully saturated rings. The minimum atomic E-state index is -4.40. The smallest absolute Gasteiger partial charge is 0.357 e. The van der Waals surface area contributed by atoms with Gasteiger partial charge in [-0.05, 0) is 42.3 Å². The third-order valence-corrected chi connectivity index (χ3v) is 4.66. The molecule has 2 rings (SSSR count). The molecule has 0 spiro atoms. The monoisotopic (exact) mass is 414 g/mol. The summed E-state index contributed by atoms with van der Waals surface area (Å²) in [6.45, 7) is 2.85. The Morgan fingerprint density at radius 2 is 1.75 bits per heavy atom. The van der Waals surface area contributed by atoms with E-state index in [0.29, 0.717) is 24.6 Å². The number of aliphatic imine (C=N–C) groups is 1. The van der Waals surface area contributed by atoms with Gasteiger partial charge in [-0.1, -0.05) is 24.3 Å². The van der Waals surface area contributed by atoms with Crippen molar-refractivity contribution in [2.75, 3.05) is 6.54 Å². The van der Waals surface area contributed by atoms with Crippen molar-refractivity contribution in [1.29, 1.82) is 0 Å². The van der Waals surface area contributed by atoms with Crippen LogP contribution in [0.25, 0.3) is 0 Å². The lowest BCUT2D eigenvalue weighted by molar-refractivity contribution is -0.137. The number of alkyl halides is 3. The van der Waals surface area contributed by atoms with Crippen LogP contribution in [-0.2, 0) is 29.3 Å². The number of hydrogen-bond acceptors (Lipinski definition) is 3. The quantitative estimate of drug-likeness (QED) is 0.500. The summed E-state index contributed by atoms with van der Waals surface area (Å²) in [5, 5.41) is 11.1. The van der Waals surface area contributed by atoms with Crippen LogP contribution in [0.4, 0.5) is 13.2 Å². The first-order valence-electron chi connectivity index (χ1n) is 8.39. The molecule has 0 aliphatic rings. The van der Waals surface area contributed by atoms with Crippen LogP contribution in [0, 0.1) is 0 Å². The summed E-state index contributed by atoms with van der Waals surface area (Å²) in [5.41, 5.74) is 0.509. The topological polar surface area (TPSA) is 96.6 Å². The highest BCUT2D eigenvalue weighted by atomic mass is 32.2. The van der Waals surface area contributed by atoms with E-state index < -0.39 is 21.8 Å². The molecule has 0 radical (unpaired) electrons. The second kappa shape index (κ2) is 9.07. The van der Waals surface area contributed by atoms with Crippen LogP contribution in [0.3, 0.4) is 0 Å². The number of nitrogens with two attached hydrogens (primary N) is 1. The molecule has 0 saturated heterocycles. The molecule has 0 aliphatic heterocycles. The van der Waals surface area contributed by atoms with Crippen molar-refractivity contribution in [1.82, 2.24) is 10.6 Å². The molecule has 0 aromatic heterocycles. The minimum absolute atomic E-state index is 0.0152. The molecule has 0 atom stereocenters. The lowest BCUT2D eigenvalue weighted by atomic mass is 10.1. The van der Waals surface area contributed by atoms with E-state index in [1.54, 1.807) is 18.2 Å². The highest BCUT2D eigenvalue weighted by Gasteiger charge is 2.30. The molecule has 152 valence electrons. The Hall–Kier alpha value is -2.59. The highest BCUT2D eigenvalue weighted by molar-refractivity contribution is 7.89. The molecule has 0 heterocycles. The van der Waals surface area contributed by atoms with Gasteiger partial charge < -0.3 is 10.6 Å². The van der Waals surface area contributed by atoms with Gasteiger partial charge in [0.15, 0.2) is 5.96 Å². The van der Waals surface area contributed by atoms with E-state index in [0.717, 1.165) is 17.7 Å². The minimum Gasteiger partial charge on any atom is -0.357 e. The van der Waals surface area contributed by atoms with Crippen LogP contribution < -0.4 is 15.8 Å². The summed E-state index contributed by atoms with van der Waals surface area (Å²) in [5.74, 6) is 0.426. The first-order valence-corrected chi connectivity index (χ1v) is 9.94. The lowest BCUT2D eigenvalue weighted by Crippen LogP contribution is -2.36. The predicted octanol–water partition coefficient (Wildman–Crippen LogP) is 2.61. The number of sulfonamides is 1. The van der Waals surface area contributed by atoms with E-state index in [1.807, 2.05) is 6.92 Å². The fourth-order valence-corrected chi connectivity index (χ4v) is 2.86. The van der Waals surface area contributed by atoms with E-state index in [4.69, 9.17) is 5.14 Å². The molecule has 28 heavy (non-hydrogen) atoms. The molecule has 2 aromatic rings. The number of hydrogen-bond donors (Lipinski definition) is 3. The van der Waals surface area contributed by atoms with Gasteiger partial charge in [0.25, 0.3) is 0 Å². The maximum atomic E-state index is 12.8. The SMILES string of the molecule is CCNC(=NCc1cccc(C(F)(F)F)c1)NCc1ccc(S(N)(=O)=O)cc1. The molecule has 2 aromatic carbocycles. The van der Waals surface area contributed by atoms with Crippen LogP contribution in [0.5, 0.6) is 0 Å². The van der Waals surface area contributed by atoms with Crippen molar-refractivity contribution in [3.05, 3.63) is 65.2 Å². The molecule has 0 bridgehead atoms. The number of primary sulfonamides is 1. The van der Waals surface area contributed by atoms with Crippen LogP contribution in [-0.4, -0.2) is 20.9 Å². The fourth-order valence-electron chi connectivity index (χ4n) is 2.34. The van der Waals surface area contributed by atoms with E-state index >= 15 is 0 Å². The Morgan fingerprint density at radius 1 is 1.07 bits per heavy atom. The van der Waals surface area contributed by atoms with Crippen molar-refractivity contribution >= 4 is 16.0 Å². The molecule has 4 N–H and O–H groups in total. The van der Waals surface area contributed by atoms with Gasteiger partial charge in [-0.15, -0.1) is 0 Å². The maximum Gasteiger partial charge on any atom is 0.416 e. The summed E-state index contributed by atoms with van der Waals surface area (Å²) in [7, 11) is -3.75. The summed E-state index contributed by atoms with van der Waals surface area (Å²) in [6, 6.07) is 11.0. The van der Waals surface area contributed by atoms with Crippen LogP contribution in [0.2, 0.25) is 0 Å². The lowest BCUT2D eigenvalue weighted by Gasteiger charge is -2.12. The number of nitrogens with one attached hydrogen (secondary N) is 2. The second-order valence-electron chi connectivity index (χ2n) is 5.94. The molecular weight excluding hydrogens is 393 g/mol. The van der Waals surface area contributed by atoms with Crippen LogP contribution >= 0.6 is 0 Å². The number of rotatable bonds is 6. The zero-order valence-electron chi connectivity index (χ0n) is 15.1. The Morgan fingerprint density at radius 3 is 2.32 bits per heavy atom. The molecular formula is C18H21F3N4O2S. The van der Waals surface area contributed by atoms with Gasteiger partial charge in [-0.3, -0.25) is 0 Å². The molecule has 10 heteroatoms. The molecule has 0 unspecified atom stereocenters. The zero-order valence-corrected chi connectivity index (χ0v) is 15.9. The van der Waals surface area contributed by atoms with Crippen molar-refractivity contribution in [2.45, 2.75) is 31.1 Å². The van der Waals surface area contributed by atoms with Gasteiger partial charge in [-0.25, -0.2) is 18.5 Å². The average Bonchev–Trinajstić information content (AvgIpc) is 2.63. The van der Waals surface area contributed by atoms with E-state index in [2.05, 4.69) is 15.6 Å². The highest BCUT2D eigenvalue weighted by Crippen LogP contribution is 2.29. The third-order valence-electron chi connectivity index (χ3n) is 3.73. The normalized spacial score (nSPS) is 12.7. The molecule has 0 amide bonds. The zero-order chi connectivity index (χ0) is 20.8. The summed E-state index contributed by atoms with van der Waals surface area (Å²) in [6.07, 6.45) is -4.40. The second-order valence-corrected chi connectivity index (χ2v) is 7.50.